The van der Waals surface area contributed by atoms with Crippen molar-refractivity contribution in [2.24, 2.45) is 0 Å². The maximum Gasteiger partial charge on any atom is 0.255 e. The predicted octanol–water partition coefficient (Wildman–Crippen LogP) is 2.52. The molecule has 1 amide bonds. The SMILES string of the molecule is CN1CCN(c2ccc(NC(=O)c3ccc(CN4CCOCC4)cc3)cc2)CC1. The number of ether oxygens (including phenoxy) is 1. The molecule has 4 rings (SSSR count). The Morgan fingerprint density at radius 2 is 1.55 bits per heavy atom. The summed E-state index contributed by atoms with van der Waals surface area (Å²) in [7, 11) is 2.16. The third-order valence-electron chi connectivity index (χ3n) is 5.72. The lowest BCUT2D eigenvalue weighted by atomic mass is 10.1. The standard InChI is InChI=1S/C23H30N4O2/c1-25-10-12-27(13-11-25)22-8-6-21(7-9-22)24-23(28)20-4-2-19(3-5-20)18-26-14-16-29-17-15-26/h2-9H,10-18H2,1H3,(H,24,28). The Labute approximate surface area is 173 Å². The molecule has 2 fully saturated rings. The van der Waals surface area contributed by atoms with Crippen LogP contribution >= 0.6 is 0 Å². The molecule has 0 aliphatic carbocycles. The van der Waals surface area contributed by atoms with Crippen LogP contribution < -0.4 is 10.2 Å². The molecule has 0 aromatic heterocycles. The molecule has 154 valence electrons. The number of likely N-dealkylation sites (N-methyl/N-ethyl adjacent to an activating group) is 1. The summed E-state index contributed by atoms with van der Waals surface area (Å²) in [6.07, 6.45) is 0. The van der Waals surface area contributed by atoms with Gasteiger partial charge in [-0.15, -0.1) is 0 Å². The summed E-state index contributed by atoms with van der Waals surface area (Å²) in [6, 6.07) is 16.0. The Kier molecular flexibility index (Phi) is 6.44. The lowest BCUT2D eigenvalue weighted by Gasteiger charge is -2.34. The summed E-state index contributed by atoms with van der Waals surface area (Å²) >= 11 is 0. The zero-order chi connectivity index (χ0) is 20.1. The van der Waals surface area contributed by atoms with Gasteiger partial charge in [-0.25, -0.2) is 0 Å². The Bertz CT molecular complexity index is 793. The third-order valence-corrected chi connectivity index (χ3v) is 5.72. The normalized spacial score (nSPS) is 18.6. The van der Waals surface area contributed by atoms with Gasteiger partial charge in [0.05, 0.1) is 13.2 Å². The number of nitrogens with one attached hydrogen (secondary N) is 1. The van der Waals surface area contributed by atoms with Crippen molar-refractivity contribution >= 4 is 17.3 Å². The number of hydrogen-bond acceptors (Lipinski definition) is 5. The highest BCUT2D eigenvalue weighted by atomic mass is 16.5. The van der Waals surface area contributed by atoms with Gasteiger partial charge in [-0.2, -0.15) is 0 Å². The van der Waals surface area contributed by atoms with Crippen molar-refractivity contribution in [1.82, 2.24) is 9.80 Å². The molecule has 2 aliphatic heterocycles. The number of benzene rings is 2. The molecule has 2 aliphatic rings. The molecule has 6 heteroatoms. The van der Waals surface area contributed by atoms with Gasteiger partial charge in [0.15, 0.2) is 0 Å². The first-order valence-electron chi connectivity index (χ1n) is 10.4. The highest BCUT2D eigenvalue weighted by Crippen LogP contribution is 2.20. The monoisotopic (exact) mass is 394 g/mol. The topological polar surface area (TPSA) is 48.0 Å². The van der Waals surface area contributed by atoms with Crippen LogP contribution in [0.3, 0.4) is 0 Å². The molecule has 0 bridgehead atoms. The lowest BCUT2D eigenvalue weighted by molar-refractivity contribution is 0.0342. The summed E-state index contributed by atoms with van der Waals surface area (Å²) in [6.45, 7) is 8.68. The minimum absolute atomic E-state index is 0.0738. The van der Waals surface area contributed by atoms with Gasteiger partial charge in [-0.1, -0.05) is 12.1 Å². The van der Waals surface area contributed by atoms with E-state index in [2.05, 4.69) is 39.2 Å². The number of rotatable bonds is 5. The van der Waals surface area contributed by atoms with Gasteiger partial charge in [0, 0.05) is 62.8 Å². The molecule has 29 heavy (non-hydrogen) atoms. The molecule has 2 saturated heterocycles. The van der Waals surface area contributed by atoms with E-state index in [0.29, 0.717) is 5.56 Å². The van der Waals surface area contributed by atoms with E-state index >= 15 is 0 Å². The van der Waals surface area contributed by atoms with E-state index in [1.54, 1.807) is 0 Å². The van der Waals surface area contributed by atoms with Crippen LogP contribution in [0.15, 0.2) is 48.5 Å². The minimum Gasteiger partial charge on any atom is -0.379 e. The Morgan fingerprint density at radius 3 is 2.21 bits per heavy atom. The molecule has 0 unspecified atom stereocenters. The van der Waals surface area contributed by atoms with E-state index in [-0.39, 0.29) is 5.91 Å². The van der Waals surface area contributed by atoms with Crippen molar-refractivity contribution in [2.45, 2.75) is 6.54 Å². The lowest BCUT2D eigenvalue weighted by Crippen LogP contribution is -2.44. The highest BCUT2D eigenvalue weighted by Gasteiger charge is 2.15. The minimum atomic E-state index is -0.0738. The summed E-state index contributed by atoms with van der Waals surface area (Å²) in [4.78, 5) is 19.7. The average molecular weight is 395 g/mol. The fourth-order valence-corrected chi connectivity index (χ4v) is 3.80. The third kappa shape index (κ3) is 5.35. The number of amides is 1. The van der Waals surface area contributed by atoms with Gasteiger partial charge in [-0.05, 0) is 49.0 Å². The fraction of sp³-hybridized carbons (Fsp3) is 0.435. The van der Waals surface area contributed by atoms with Crippen molar-refractivity contribution in [2.75, 3.05) is 69.7 Å². The quantitative estimate of drug-likeness (QED) is 0.845. The van der Waals surface area contributed by atoms with Crippen molar-refractivity contribution < 1.29 is 9.53 Å². The number of anilines is 2. The number of nitrogens with zero attached hydrogens (tertiary/aromatic N) is 3. The van der Waals surface area contributed by atoms with Gasteiger partial charge in [0.1, 0.15) is 0 Å². The van der Waals surface area contributed by atoms with Crippen LogP contribution in [0.25, 0.3) is 0 Å². The number of piperazine rings is 1. The predicted molar refractivity (Wildman–Crippen MR) is 117 cm³/mol. The number of hydrogen-bond donors (Lipinski definition) is 1. The van der Waals surface area contributed by atoms with E-state index in [1.807, 2.05) is 36.4 Å². The smallest absolute Gasteiger partial charge is 0.255 e. The van der Waals surface area contributed by atoms with Crippen LogP contribution in [0.4, 0.5) is 11.4 Å². The van der Waals surface area contributed by atoms with Gasteiger partial charge in [0.2, 0.25) is 0 Å². The molecule has 2 heterocycles. The van der Waals surface area contributed by atoms with E-state index in [0.717, 1.165) is 64.7 Å². The van der Waals surface area contributed by atoms with Crippen molar-refractivity contribution in [3.05, 3.63) is 59.7 Å². The fourth-order valence-electron chi connectivity index (χ4n) is 3.80. The van der Waals surface area contributed by atoms with Gasteiger partial charge in [-0.3, -0.25) is 9.69 Å². The summed E-state index contributed by atoms with van der Waals surface area (Å²) in [5.74, 6) is -0.0738. The molecule has 0 radical (unpaired) electrons. The van der Waals surface area contributed by atoms with Crippen molar-refractivity contribution in [1.29, 1.82) is 0 Å². The maximum absolute atomic E-state index is 12.6. The molecule has 0 atom stereocenters. The zero-order valence-electron chi connectivity index (χ0n) is 17.1. The van der Waals surface area contributed by atoms with E-state index < -0.39 is 0 Å². The van der Waals surface area contributed by atoms with Crippen LogP contribution in [-0.2, 0) is 11.3 Å². The molecule has 2 aromatic rings. The average Bonchev–Trinajstić information content (AvgIpc) is 2.76. The van der Waals surface area contributed by atoms with Crippen LogP contribution in [-0.4, -0.2) is 75.2 Å². The Hall–Kier alpha value is -2.41. The number of morpholine rings is 1. The Balaban J connectivity index is 1.31. The molecular formula is C23H30N4O2. The molecule has 2 aromatic carbocycles. The van der Waals surface area contributed by atoms with E-state index in [1.165, 1.54) is 11.3 Å². The van der Waals surface area contributed by atoms with E-state index in [9.17, 15) is 4.79 Å². The van der Waals surface area contributed by atoms with Crippen LogP contribution in [0.5, 0.6) is 0 Å². The molecule has 0 saturated carbocycles. The second-order valence-electron chi connectivity index (χ2n) is 7.88. The maximum atomic E-state index is 12.6. The van der Waals surface area contributed by atoms with Gasteiger partial charge in [0.25, 0.3) is 5.91 Å². The molecule has 1 N–H and O–H groups in total. The molecule has 0 spiro atoms. The highest BCUT2D eigenvalue weighted by molar-refractivity contribution is 6.04. The van der Waals surface area contributed by atoms with Crippen molar-refractivity contribution in [3.8, 4) is 0 Å². The number of carbonyl (C=O) groups is 1. The second kappa shape index (κ2) is 9.39. The van der Waals surface area contributed by atoms with Gasteiger partial charge < -0.3 is 19.9 Å². The first-order chi connectivity index (χ1) is 14.2. The van der Waals surface area contributed by atoms with Gasteiger partial charge >= 0.3 is 0 Å². The Morgan fingerprint density at radius 1 is 0.897 bits per heavy atom. The second-order valence-corrected chi connectivity index (χ2v) is 7.88. The first kappa shape index (κ1) is 19.9. The van der Waals surface area contributed by atoms with E-state index in [4.69, 9.17) is 4.74 Å². The zero-order valence-corrected chi connectivity index (χ0v) is 17.1. The summed E-state index contributed by atoms with van der Waals surface area (Å²) in [5, 5.41) is 3.00. The van der Waals surface area contributed by atoms with Crippen LogP contribution in [0, 0.1) is 0 Å². The van der Waals surface area contributed by atoms with Crippen LogP contribution in [0.1, 0.15) is 15.9 Å². The summed E-state index contributed by atoms with van der Waals surface area (Å²) in [5.41, 5.74) is 3.94. The largest absolute Gasteiger partial charge is 0.379 e. The van der Waals surface area contributed by atoms with Crippen molar-refractivity contribution in [3.63, 3.8) is 0 Å². The van der Waals surface area contributed by atoms with Crippen LogP contribution in [0.2, 0.25) is 0 Å². The molecule has 6 nitrogen and oxygen atoms in total. The first-order valence-corrected chi connectivity index (χ1v) is 10.4. The number of carbonyl (C=O) groups excluding carboxylic acids is 1. The summed E-state index contributed by atoms with van der Waals surface area (Å²) < 4.78 is 5.39. The molecular weight excluding hydrogens is 364 g/mol.